The molecule has 1 saturated carbocycles. The molecule has 3 atom stereocenters. The molecule has 2 N–H and O–H groups in total. The number of hydrogen-bond acceptors (Lipinski definition) is 3. The molecule has 1 aromatic heterocycles. The van der Waals surface area contributed by atoms with Crippen molar-refractivity contribution in [3.05, 3.63) is 12.4 Å². The molecule has 0 aromatic carbocycles. The molecule has 0 aliphatic heterocycles. The van der Waals surface area contributed by atoms with E-state index in [2.05, 4.69) is 15.7 Å². The van der Waals surface area contributed by atoms with Gasteiger partial charge in [0.1, 0.15) is 0 Å². The minimum atomic E-state index is -0.774. The largest absolute Gasteiger partial charge is 0.335 e. The third kappa shape index (κ3) is 4.56. The Hall–Kier alpha value is -1.37. The van der Waals surface area contributed by atoms with E-state index < -0.39 is 10.8 Å². The van der Waals surface area contributed by atoms with E-state index in [0.29, 0.717) is 11.4 Å². The first-order chi connectivity index (χ1) is 10.5. The topological polar surface area (TPSA) is 76.0 Å². The summed E-state index contributed by atoms with van der Waals surface area (Å²) >= 11 is 0. The van der Waals surface area contributed by atoms with Gasteiger partial charge in [0.05, 0.1) is 11.9 Å². The fourth-order valence-corrected chi connectivity index (χ4v) is 4.14. The van der Waals surface area contributed by atoms with Crippen LogP contribution in [0.1, 0.15) is 52.5 Å². The summed E-state index contributed by atoms with van der Waals surface area (Å²) in [6.45, 7) is 6.02. The van der Waals surface area contributed by atoms with Crippen molar-refractivity contribution < 1.29 is 9.00 Å². The molecule has 7 heteroatoms. The van der Waals surface area contributed by atoms with Crippen LogP contribution in [0.3, 0.4) is 0 Å². The van der Waals surface area contributed by atoms with Crippen LogP contribution in [0.5, 0.6) is 0 Å². The van der Waals surface area contributed by atoms with Crippen molar-refractivity contribution >= 4 is 22.5 Å². The van der Waals surface area contributed by atoms with Crippen LogP contribution in [0.25, 0.3) is 0 Å². The maximum Gasteiger partial charge on any atom is 0.319 e. The van der Waals surface area contributed by atoms with Crippen LogP contribution >= 0.6 is 0 Å². The number of urea groups is 1. The number of hydrogen-bond donors (Lipinski definition) is 2. The average Bonchev–Trinajstić information content (AvgIpc) is 2.95. The first kappa shape index (κ1) is 17.0. The lowest BCUT2D eigenvalue weighted by atomic mass is 9.95. The van der Waals surface area contributed by atoms with Crippen molar-refractivity contribution in [2.24, 2.45) is 0 Å². The molecule has 0 bridgehead atoms. The highest BCUT2D eigenvalue weighted by molar-refractivity contribution is 7.85. The van der Waals surface area contributed by atoms with Crippen LogP contribution in [0, 0.1) is 0 Å². The molecule has 1 fully saturated rings. The van der Waals surface area contributed by atoms with Gasteiger partial charge in [-0.3, -0.25) is 8.89 Å². The van der Waals surface area contributed by atoms with E-state index >= 15 is 0 Å². The van der Waals surface area contributed by atoms with Gasteiger partial charge in [-0.05, 0) is 33.1 Å². The van der Waals surface area contributed by atoms with Crippen LogP contribution in [0.2, 0.25) is 0 Å². The van der Waals surface area contributed by atoms with Gasteiger partial charge in [0.15, 0.2) is 0 Å². The lowest BCUT2D eigenvalue weighted by Crippen LogP contribution is -2.42. The summed E-state index contributed by atoms with van der Waals surface area (Å²) in [6, 6.07) is 0.160. The average molecular weight is 326 g/mol. The molecule has 2 rings (SSSR count). The van der Waals surface area contributed by atoms with E-state index in [1.807, 2.05) is 27.0 Å². The zero-order valence-corrected chi connectivity index (χ0v) is 14.4. The SMILES string of the molecule is CC[S@@](=O)[C@@H]1CCC[C@H](NC(=O)Nc2cnn(C(C)C)c2)C1. The molecular formula is C15H26N4O2S. The van der Waals surface area contributed by atoms with Crippen LogP contribution in [0.15, 0.2) is 12.4 Å². The Labute approximate surface area is 134 Å². The Bertz CT molecular complexity index is 529. The van der Waals surface area contributed by atoms with E-state index in [4.69, 9.17) is 0 Å². The van der Waals surface area contributed by atoms with E-state index in [9.17, 15) is 9.00 Å². The van der Waals surface area contributed by atoms with Crippen molar-refractivity contribution in [2.45, 2.75) is 63.8 Å². The molecule has 0 saturated heterocycles. The number of carbonyl (C=O) groups excluding carboxylic acids is 1. The number of nitrogens with zero attached hydrogens (tertiary/aromatic N) is 2. The second-order valence-corrected chi connectivity index (χ2v) is 8.06. The van der Waals surface area contributed by atoms with E-state index in [-0.39, 0.29) is 23.4 Å². The van der Waals surface area contributed by atoms with Gasteiger partial charge in [-0.15, -0.1) is 0 Å². The van der Waals surface area contributed by atoms with Crippen LogP contribution in [-0.2, 0) is 10.8 Å². The maximum atomic E-state index is 12.1. The van der Waals surface area contributed by atoms with Crippen LogP contribution in [-0.4, -0.2) is 37.1 Å². The molecule has 2 amide bonds. The lowest BCUT2D eigenvalue weighted by Gasteiger charge is -2.29. The summed E-state index contributed by atoms with van der Waals surface area (Å²) < 4.78 is 13.7. The van der Waals surface area contributed by atoms with Gasteiger partial charge >= 0.3 is 6.03 Å². The second-order valence-electron chi connectivity index (χ2n) is 6.06. The summed E-state index contributed by atoms with van der Waals surface area (Å²) in [5, 5.41) is 10.2. The minimum absolute atomic E-state index is 0.106. The Balaban J connectivity index is 1.84. The Kier molecular flexibility index (Phi) is 5.99. The van der Waals surface area contributed by atoms with Crippen molar-refractivity contribution in [2.75, 3.05) is 11.1 Å². The molecule has 124 valence electrons. The van der Waals surface area contributed by atoms with Gasteiger partial charge in [0, 0.05) is 40.1 Å². The van der Waals surface area contributed by atoms with Gasteiger partial charge < -0.3 is 10.6 Å². The van der Waals surface area contributed by atoms with Crippen molar-refractivity contribution in [1.82, 2.24) is 15.1 Å². The van der Waals surface area contributed by atoms with Crippen molar-refractivity contribution in [3.8, 4) is 0 Å². The number of rotatable bonds is 5. The van der Waals surface area contributed by atoms with Crippen molar-refractivity contribution in [1.29, 1.82) is 0 Å². The highest BCUT2D eigenvalue weighted by atomic mass is 32.2. The maximum absolute atomic E-state index is 12.1. The quantitative estimate of drug-likeness (QED) is 0.873. The zero-order chi connectivity index (χ0) is 16.1. The smallest absolute Gasteiger partial charge is 0.319 e. The van der Waals surface area contributed by atoms with Crippen LogP contribution < -0.4 is 10.6 Å². The molecule has 22 heavy (non-hydrogen) atoms. The number of amides is 2. The number of carbonyl (C=O) groups is 1. The molecule has 6 nitrogen and oxygen atoms in total. The summed E-state index contributed by atoms with van der Waals surface area (Å²) in [5.74, 6) is 0.692. The molecular weight excluding hydrogens is 300 g/mol. The molecule has 0 radical (unpaired) electrons. The summed E-state index contributed by atoms with van der Waals surface area (Å²) in [5.41, 5.74) is 0.690. The molecule has 1 heterocycles. The van der Waals surface area contributed by atoms with Gasteiger partial charge in [-0.25, -0.2) is 4.79 Å². The lowest BCUT2D eigenvalue weighted by molar-refractivity contribution is 0.244. The number of nitrogens with one attached hydrogen (secondary N) is 2. The fourth-order valence-electron chi connectivity index (χ4n) is 2.79. The minimum Gasteiger partial charge on any atom is -0.335 e. The Morgan fingerprint density at radius 3 is 2.91 bits per heavy atom. The summed E-state index contributed by atoms with van der Waals surface area (Å²) in [4.78, 5) is 12.1. The zero-order valence-electron chi connectivity index (χ0n) is 13.5. The van der Waals surface area contributed by atoms with Crippen molar-refractivity contribution in [3.63, 3.8) is 0 Å². The monoisotopic (exact) mass is 326 g/mol. The highest BCUT2D eigenvalue weighted by Crippen LogP contribution is 2.23. The van der Waals surface area contributed by atoms with E-state index in [1.165, 1.54) is 0 Å². The highest BCUT2D eigenvalue weighted by Gasteiger charge is 2.26. The van der Waals surface area contributed by atoms with Gasteiger partial charge in [-0.1, -0.05) is 13.3 Å². The molecule has 1 aliphatic rings. The standard InChI is InChI=1S/C15H26N4O2S/c1-4-22(21)14-7-5-6-12(8-14)17-15(20)18-13-9-16-19(10-13)11(2)3/h9-12,14H,4-8H2,1-3H3,(H2,17,18,20)/t12-,14+,22+/m0/s1. The molecule has 1 aliphatic carbocycles. The van der Waals surface area contributed by atoms with E-state index in [1.54, 1.807) is 10.9 Å². The third-order valence-corrected chi connectivity index (χ3v) is 5.75. The normalized spacial score (nSPS) is 23.3. The molecule has 1 aromatic rings. The van der Waals surface area contributed by atoms with Gasteiger partial charge in [-0.2, -0.15) is 5.10 Å². The number of aromatic nitrogens is 2. The summed E-state index contributed by atoms with van der Waals surface area (Å²) in [7, 11) is -0.774. The van der Waals surface area contributed by atoms with Gasteiger partial charge in [0.2, 0.25) is 0 Å². The number of anilines is 1. The predicted octanol–water partition coefficient (Wildman–Crippen LogP) is 2.67. The Morgan fingerprint density at radius 1 is 1.50 bits per heavy atom. The van der Waals surface area contributed by atoms with E-state index in [0.717, 1.165) is 25.7 Å². The first-order valence-corrected chi connectivity index (χ1v) is 9.36. The second kappa shape index (κ2) is 7.76. The Morgan fingerprint density at radius 2 is 2.27 bits per heavy atom. The first-order valence-electron chi connectivity index (χ1n) is 7.98. The molecule has 0 unspecified atom stereocenters. The molecule has 0 spiro atoms. The predicted molar refractivity (Wildman–Crippen MR) is 89.5 cm³/mol. The van der Waals surface area contributed by atoms with Gasteiger partial charge in [0.25, 0.3) is 0 Å². The fraction of sp³-hybridized carbons (Fsp3) is 0.733. The third-order valence-electron chi connectivity index (χ3n) is 4.01. The summed E-state index contributed by atoms with van der Waals surface area (Å²) in [6.07, 6.45) is 7.25. The van der Waals surface area contributed by atoms with Crippen LogP contribution in [0.4, 0.5) is 10.5 Å².